The number of ether oxygens (including phenoxy) is 1. The first kappa shape index (κ1) is 18.0. The van der Waals surface area contributed by atoms with Gasteiger partial charge in [-0.25, -0.2) is 0 Å². The molecule has 0 fully saturated rings. The first-order chi connectivity index (χ1) is 12.7. The molecule has 1 N–H and O–H groups in total. The molecule has 7 heteroatoms. The Hall–Kier alpha value is -2.80. The molecule has 26 heavy (non-hydrogen) atoms. The van der Waals surface area contributed by atoms with Crippen LogP contribution in [0, 0.1) is 0 Å². The van der Waals surface area contributed by atoms with E-state index in [1.807, 2.05) is 61.5 Å². The van der Waals surface area contributed by atoms with E-state index in [9.17, 15) is 4.79 Å². The minimum absolute atomic E-state index is 0.0538. The zero-order valence-electron chi connectivity index (χ0n) is 14.5. The number of carbonyl (C=O) groups is 1. The quantitative estimate of drug-likeness (QED) is 0.640. The lowest BCUT2D eigenvalue weighted by molar-refractivity contribution is -0.119. The molecule has 134 valence electrons. The van der Waals surface area contributed by atoms with Crippen LogP contribution < -0.4 is 10.1 Å². The van der Waals surface area contributed by atoms with Crippen LogP contribution in [0.25, 0.3) is 11.5 Å². The molecule has 0 saturated heterocycles. The Morgan fingerprint density at radius 2 is 1.88 bits per heavy atom. The van der Waals surface area contributed by atoms with Gasteiger partial charge in [0.1, 0.15) is 5.75 Å². The Morgan fingerprint density at radius 3 is 2.58 bits per heavy atom. The molecule has 0 aliphatic rings. The van der Waals surface area contributed by atoms with Crippen molar-refractivity contribution < 1.29 is 13.9 Å². The summed E-state index contributed by atoms with van der Waals surface area (Å²) >= 11 is 1.21. The molecule has 1 unspecified atom stereocenters. The molecule has 0 aliphatic heterocycles. The molecule has 0 saturated carbocycles. The second-order valence-corrected chi connectivity index (χ2v) is 6.52. The lowest BCUT2D eigenvalue weighted by Gasteiger charge is -2.13. The lowest BCUT2D eigenvalue weighted by Crippen LogP contribution is -2.28. The van der Waals surface area contributed by atoms with Crippen molar-refractivity contribution in [1.82, 2.24) is 15.5 Å². The smallest absolute Gasteiger partial charge is 0.277 e. The Labute approximate surface area is 156 Å². The summed E-state index contributed by atoms with van der Waals surface area (Å²) in [6.07, 6.45) is 0. The Bertz CT molecular complexity index is 850. The Kier molecular flexibility index (Phi) is 5.91. The van der Waals surface area contributed by atoms with Crippen molar-refractivity contribution in [3.8, 4) is 17.2 Å². The molecule has 0 aliphatic carbocycles. The number of amides is 1. The summed E-state index contributed by atoms with van der Waals surface area (Å²) in [6, 6.07) is 17.1. The fraction of sp³-hybridized carbons (Fsp3) is 0.211. The molecular formula is C19H19N3O3S. The molecule has 3 rings (SSSR count). The number of nitrogens with zero attached hydrogens (tertiary/aromatic N) is 2. The van der Waals surface area contributed by atoms with Gasteiger partial charge in [0, 0.05) is 5.56 Å². The van der Waals surface area contributed by atoms with Gasteiger partial charge < -0.3 is 14.5 Å². The van der Waals surface area contributed by atoms with Crippen LogP contribution >= 0.6 is 11.8 Å². The van der Waals surface area contributed by atoms with E-state index in [4.69, 9.17) is 9.15 Å². The van der Waals surface area contributed by atoms with E-state index in [0.717, 1.165) is 16.9 Å². The van der Waals surface area contributed by atoms with Crippen LogP contribution in [0.2, 0.25) is 0 Å². The van der Waals surface area contributed by atoms with E-state index >= 15 is 0 Å². The molecule has 6 nitrogen and oxygen atoms in total. The van der Waals surface area contributed by atoms with E-state index < -0.39 is 0 Å². The van der Waals surface area contributed by atoms with Crippen molar-refractivity contribution in [2.45, 2.75) is 18.2 Å². The van der Waals surface area contributed by atoms with Crippen molar-refractivity contribution in [3.05, 3.63) is 60.2 Å². The first-order valence-corrected chi connectivity index (χ1v) is 9.09. The second kappa shape index (κ2) is 8.53. The molecule has 1 atom stereocenters. The van der Waals surface area contributed by atoms with Gasteiger partial charge in [-0.3, -0.25) is 4.79 Å². The molecule has 2 aromatic carbocycles. The maximum atomic E-state index is 12.1. The summed E-state index contributed by atoms with van der Waals surface area (Å²) in [4.78, 5) is 12.1. The summed E-state index contributed by atoms with van der Waals surface area (Å²) in [6.45, 7) is 1.95. The molecule has 1 aromatic heterocycles. The summed E-state index contributed by atoms with van der Waals surface area (Å²) in [5.74, 6) is 1.29. The van der Waals surface area contributed by atoms with Gasteiger partial charge in [-0.15, -0.1) is 10.2 Å². The minimum atomic E-state index is -0.0875. The molecule has 0 radical (unpaired) electrons. The molecule has 0 spiro atoms. The fourth-order valence-electron chi connectivity index (χ4n) is 2.35. The second-order valence-electron chi connectivity index (χ2n) is 5.59. The third-order valence-corrected chi connectivity index (χ3v) is 4.57. The highest BCUT2D eigenvalue weighted by Gasteiger charge is 2.13. The molecule has 0 bridgehead atoms. The van der Waals surface area contributed by atoms with Gasteiger partial charge >= 0.3 is 0 Å². The lowest BCUT2D eigenvalue weighted by atomic mass is 10.1. The van der Waals surface area contributed by atoms with Gasteiger partial charge in [-0.2, -0.15) is 0 Å². The normalized spacial score (nSPS) is 11.8. The molecule has 1 amide bonds. The van der Waals surface area contributed by atoms with Gasteiger partial charge in [0.15, 0.2) is 0 Å². The summed E-state index contributed by atoms with van der Waals surface area (Å²) in [7, 11) is 1.61. The monoisotopic (exact) mass is 369 g/mol. The summed E-state index contributed by atoms with van der Waals surface area (Å²) in [5.41, 5.74) is 1.86. The predicted octanol–water partition coefficient (Wildman–Crippen LogP) is 3.71. The summed E-state index contributed by atoms with van der Waals surface area (Å²) < 4.78 is 10.7. The highest BCUT2D eigenvalue weighted by Crippen LogP contribution is 2.24. The number of thioether (sulfide) groups is 1. The highest BCUT2D eigenvalue weighted by atomic mass is 32.2. The van der Waals surface area contributed by atoms with Crippen LogP contribution in [0.15, 0.2) is 64.2 Å². The largest absolute Gasteiger partial charge is 0.497 e. The van der Waals surface area contributed by atoms with Gasteiger partial charge in [0.2, 0.25) is 11.8 Å². The standard InChI is InChI=1S/C19H19N3O3S/c1-13(14-6-4-3-5-7-14)20-17(23)12-26-19-22-21-18(25-19)15-8-10-16(24-2)11-9-15/h3-11,13H,12H2,1-2H3,(H,20,23). The molecule has 3 aromatic rings. The number of rotatable bonds is 7. The van der Waals surface area contributed by atoms with Crippen LogP contribution in [0.4, 0.5) is 0 Å². The topological polar surface area (TPSA) is 77.2 Å². The highest BCUT2D eigenvalue weighted by molar-refractivity contribution is 7.99. The van der Waals surface area contributed by atoms with Crippen LogP contribution in [-0.2, 0) is 4.79 Å². The zero-order valence-corrected chi connectivity index (χ0v) is 15.3. The average Bonchev–Trinajstić information content (AvgIpc) is 3.16. The SMILES string of the molecule is COc1ccc(-c2nnc(SCC(=O)NC(C)c3ccccc3)o2)cc1. The van der Waals surface area contributed by atoms with Crippen LogP contribution in [0.5, 0.6) is 5.75 Å². The predicted molar refractivity (Wildman–Crippen MR) is 100 cm³/mol. The van der Waals surface area contributed by atoms with Gasteiger partial charge in [0.05, 0.1) is 18.9 Å². The zero-order chi connectivity index (χ0) is 18.4. The van der Waals surface area contributed by atoms with E-state index in [2.05, 4.69) is 15.5 Å². The van der Waals surface area contributed by atoms with Crippen molar-refractivity contribution in [2.24, 2.45) is 0 Å². The maximum absolute atomic E-state index is 12.1. The van der Waals surface area contributed by atoms with E-state index in [0.29, 0.717) is 11.1 Å². The van der Waals surface area contributed by atoms with Gasteiger partial charge in [0.25, 0.3) is 5.22 Å². The van der Waals surface area contributed by atoms with Crippen LogP contribution in [0.3, 0.4) is 0 Å². The number of benzene rings is 2. The number of carbonyl (C=O) groups excluding carboxylic acids is 1. The van der Waals surface area contributed by atoms with E-state index in [1.165, 1.54) is 11.8 Å². The van der Waals surface area contributed by atoms with Crippen molar-refractivity contribution >= 4 is 17.7 Å². The molecule has 1 heterocycles. The number of hydrogen-bond acceptors (Lipinski definition) is 6. The Morgan fingerprint density at radius 1 is 1.15 bits per heavy atom. The third kappa shape index (κ3) is 4.64. The van der Waals surface area contributed by atoms with Crippen molar-refractivity contribution in [3.63, 3.8) is 0 Å². The van der Waals surface area contributed by atoms with Gasteiger partial charge in [-0.1, -0.05) is 42.1 Å². The minimum Gasteiger partial charge on any atom is -0.497 e. The van der Waals surface area contributed by atoms with Crippen molar-refractivity contribution in [2.75, 3.05) is 12.9 Å². The maximum Gasteiger partial charge on any atom is 0.277 e. The fourth-order valence-corrected chi connectivity index (χ4v) is 2.93. The average molecular weight is 369 g/mol. The van der Waals surface area contributed by atoms with Crippen LogP contribution in [-0.4, -0.2) is 29.0 Å². The third-order valence-electron chi connectivity index (χ3n) is 3.75. The first-order valence-electron chi connectivity index (χ1n) is 8.11. The number of nitrogens with one attached hydrogen (secondary N) is 1. The van der Waals surface area contributed by atoms with E-state index in [-0.39, 0.29) is 17.7 Å². The van der Waals surface area contributed by atoms with Crippen LogP contribution in [0.1, 0.15) is 18.5 Å². The number of methoxy groups -OCH3 is 1. The Balaban J connectivity index is 1.53. The van der Waals surface area contributed by atoms with Gasteiger partial charge in [-0.05, 0) is 36.8 Å². The molecular weight excluding hydrogens is 350 g/mol. The number of hydrogen-bond donors (Lipinski definition) is 1. The summed E-state index contributed by atoms with van der Waals surface area (Å²) in [5, 5.41) is 11.3. The number of aromatic nitrogens is 2. The van der Waals surface area contributed by atoms with Crippen molar-refractivity contribution in [1.29, 1.82) is 0 Å². The van der Waals surface area contributed by atoms with E-state index in [1.54, 1.807) is 7.11 Å².